The first-order valence-electron chi connectivity index (χ1n) is 4.95. The number of hydrogen-bond donors (Lipinski definition) is 3. The molecule has 0 spiro atoms. The van der Waals surface area contributed by atoms with Crippen molar-refractivity contribution >= 4 is 23.4 Å². The van der Waals surface area contributed by atoms with Gasteiger partial charge in [-0.15, -0.1) is 11.8 Å². The van der Waals surface area contributed by atoms with E-state index < -0.39 is 12.0 Å². The fraction of sp³-hybridized carbons (Fsp3) is 0.364. The van der Waals surface area contributed by atoms with Gasteiger partial charge in [-0.05, 0) is 37.6 Å². The van der Waals surface area contributed by atoms with Crippen molar-refractivity contribution in [1.82, 2.24) is 5.32 Å². The number of anilines is 1. The van der Waals surface area contributed by atoms with E-state index >= 15 is 0 Å². The number of nitrogens with one attached hydrogen (secondary N) is 2. The average Bonchev–Trinajstić information content (AvgIpc) is 2.30. The zero-order valence-corrected chi connectivity index (χ0v) is 10.2. The van der Waals surface area contributed by atoms with Gasteiger partial charge >= 0.3 is 5.97 Å². The first-order chi connectivity index (χ1) is 7.67. The van der Waals surface area contributed by atoms with Crippen molar-refractivity contribution in [1.29, 1.82) is 0 Å². The van der Waals surface area contributed by atoms with Crippen LogP contribution in [-0.2, 0) is 4.79 Å². The summed E-state index contributed by atoms with van der Waals surface area (Å²) in [6.45, 7) is 0.366. The van der Waals surface area contributed by atoms with Crippen LogP contribution in [0.4, 0.5) is 5.69 Å². The third kappa shape index (κ3) is 3.75. The minimum absolute atomic E-state index is 0.366. The molecule has 0 radical (unpaired) electrons. The lowest BCUT2D eigenvalue weighted by atomic mass is 10.2. The zero-order chi connectivity index (χ0) is 12.0. The molecule has 5 heteroatoms. The number of aliphatic carboxylic acids is 1. The van der Waals surface area contributed by atoms with Crippen LogP contribution >= 0.6 is 11.8 Å². The number of carboxylic acids is 1. The molecule has 0 aliphatic carbocycles. The standard InChI is InChI=1S/C11H16N2O2S/c1-12-10(11(14)15)7-13-8-3-5-9(16-2)6-4-8/h3-6,10,12-13H,7H2,1-2H3,(H,14,15). The van der Waals surface area contributed by atoms with Crippen LogP contribution in [0.5, 0.6) is 0 Å². The second-order valence-corrected chi connectivity index (χ2v) is 4.17. The first kappa shape index (κ1) is 12.9. The van der Waals surface area contributed by atoms with Gasteiger partial charge < -0.3 is 15.7 Å². The molecule has 1 aromatic carbocycles. The summed E-state index contributed by atoms with van der Waals surface area (Å²) in [5.41, 5.74) is 0.930. The Balaban J connectivity index is 2.50. The summed E-state index contributed by atoms with van der Waals surface area (Å²) >= 11 is 1.68. The summed E-state index contributed by atoms with van der Waals surface area (Å²) in [6.07, 6.45) is 2.02. The molecule has 0 saturated heterocycles. The minimum Gasteiger partial charge on any atom is -0.480 e. The molecule has 4 nitrogen and oxygen atoms in total. The minimum atomic E-state index is -0.851. The van der Waals surface area contributed by atoms with Crippen LogP contribution in [-0.4, -0.2) is 37.0 Å². The van der Waals surface area contributed by atoms with Crippen molar-refractivity contribution in [2.75, 3.05) is 25.2 Å². The van der Waals surface area contributed by atoms with Crippen molar-refractivity contribution in [2.45, 2.75) is 10.9 Å². The Bertz CT molecular complexity index is 340. The molecule has 0 aliphatic heterocycles. The Labute approximate surface area is 99.4 Å². The summed E-state index contributed by atoms with van der Waals surface area (Å²) in [4.78, 5) is 11.9. The maximum atomic E-state index is 10.7. The molecule has 0 amide bonds. The Morgan fingerprint density at radius 2 is 2.06 bits per heavy atom. The van der Waals surface area contributed by atoms with Crippen LogP contribution < -0.4 is 10.6 Å². The molecule has 0 saturated carbocycles. The summed E-state index contributed by atoms with van der Waals surface area (Å²) in [5.74, 6) is -0.851. The lowest BCUT2D eigenvalue weighted by molar-refractivity contribution is -0.138. The molecule has 0 heterocycles. The lowest BCUT2D eigenvalue weighted by Crippen LogP contribution is -2.39. The van der Waals surface area contributed by atoms with Crippen LogP contribution in [0.2, 0.25) is 0 Å². The number of hydrogen-bond acceptors (Lipinski definition) is 4. The number of rotatable bonds is 6. The predicted molar refractivity (Wildman–Crippen MR) is 67.2 cm³/mol. The van der Waals surface area contributed by atoms with Gasteiger partial charge in [-0.25, -0.2) is 0 Å². The molecule has 1 aromatic rings. The van der Waals surface area contributed by atoms with Crippen molar-refractivity contribution in [3.63, 3.8) is 0 Å². The highest BCUT2D eigenvalue weighted by molar-refractivity contribution is 7.98. The van der Waals surface area contributed by atoms with E-state index in [9.17, 15) is 4.79 Å². The van der Waals surface area contributed by atoms with Gasteiger partial charge in [0.05, 0.1) is 0 Å². The average molecular weight is 240 g/mol. The quantitative estimate of drug-likeness (QED) is 0.658. The van der Waals surface area contributed by atoms with E-state index in [1.165, 1.54) is 4.90 Å². The van der Waals surface area contributed by atoms with Crippen molar-refractivity contribution in [2.24, 2.45) is 0 Å². The molecule has 16 heavy (non-hydrogen) atoms. The van der Waals surface area contributed by atoms with Gasteiger partial charge in [-0.2, -0.15) is 0 Å². The topological polar surface area (TPSA) is 61.4 Å². The lowest BCUT2D eigenvalue weighted by Gasteiger charge is -2.13. The van der Waals surface area contributed by atoms with E-state index in [0.29, 0.717) is 6.54 Å². The van der Waals surface area contributed by atoms with Gasteiger partial charge in [0.2, 0.25) is 0 Å². The molecule has 1 unspecified atom stereocenters. The molecule has 1 atom stereocenters. The van der Waals surface area contributed by atoms with E-state index in [0.717, 1.165) is 5.69 Å². The molecule has 0 aliphatic rings. The third-order valence-electron chi connectivity index (χ3n) is 2.25. The highest BCUT2D eigenvalue weighted by Crippen LogP contribution is 2.17. The van der Waals surface area contributed by atoms with Gasteiger partial charge in [0.1, 0.15) is 6.04 Å². The second-order valence-electron chi connectivity index (χ2n) is 3.29. The van der Waals surface area contributed by atoms with Gasteiger partial charge in [0.15, 0.2) is 0 Å². The molecule has 0 bridgehead atoms. The van der Waals surface area contributed by atoms with E-state index in [1.54, 1.807) is 18.8 Å². The molecule has 0 fully saturated rings. The van der Waals surface area contributed by atoms with E-state index in [1.807, 2.05) is 30.5 Å². The second kappa shape index (κ2) is 6.40. The monoisotopic (exact) mass is 240 g/mol. The maximum absolute atomic E-state index is 10.7. The predicted octanol–water partition coefficient (Wildman–Crippen LogP) is 1.49. The maximum Gasteiger partial charge on any atom is 0.322 e. The Morgan fingerprint density at radius 1 is 1.44 bits per heavy atom. The number of carboxylic acid groups (broad SMARTS) is 1. The van der Waals surface area contributed by atoms with Gasteiger partial charge in [0.25, 0.3) is 0 Å². The Kier molecular flexibility index (Phi) is 5.14. The number of thioether (sulfide) groups is 1. The van der Waals surface area contributed by atoms with Crippen LogP contribution in [0.15, 0.2) is 29.2 Å². The molecular weight excluding hydrogens is 224 g/mol. The third-order valence-corrected chi connectivity index (χ3v) is 2.99. The summed E-state index contributed by atoms with van der Waals surface area (Å²) < 4.78 is 0. The zero-order valence-electron chi connectivity index (χ0n) is 9.36. The highest BCUT2D eigenvalue weighted by Gasteiger charge is 2.13. The van der Waals surface area contributed by atoms with Gasteiger partial charge in [-0.3, -0.25) is 4.79 Å². The molecular formula is C11H16N2O2S. The fourth-order valence-corrected chi connectivity index (χ4v) is 1.65. The molecule has 3 N–H and O–H groups in total. The van der Waals surface area contributed by atoms with Crippen molar-refractivity contribution < 1.29 is 9.90 Å². The highest BCUT2D eigenvalue weighted by atomic mass is 32.2. The van der Waals surface area contributed by atoms with Crippen molar-refractivity contribution in [3.8, 4) is 0 Å². The first-order valence-corrected chi connectivity index (χ1v) is 6.18. The largest absolute Gasteiger partial charge is 0.480 e. The Hall–Kier alpha value is -1.20. The van der Waals surface area contributed by atoms with Crippen LogP contribution in [0.3, 0.4) is 0 Å². The van der Waals surface area contributed by atoms with Crippen LogP contribution in [0.25, 0.3) is 0 Å². The fourth-order valence-electron chi connectivity index (χ4n) is 1.24. The van der Waals surface area contributed by atoms with Gasteiger partial charge in [-0.1, -0.05) is 0 Å². The van der Waals surface area contributed by atoms with E-state index in [2.05, 4.69) is 10.6 Å². The van der Waals surface area contributed by atoms with Crippen molar-refractivity contribution in [3.05, 3.63) is 24.3 Å². The molecule has 1 rings (SSSR count). The SMILES string of the molecule is CNC(CNc1ccc(SC)cc1)C(=O)O. The molecule has 0 aromatic heterocycles. The summed E-state index contributed by atoms with van der Waals surface area (Å²) in [6, 6.07) is 7.32. The van der Waals surface area contributed by atoms with E-state index in [-0.39, 0.29) is 0 Å². The number of likely N-dealkylation sites (N-methyl/N-ethyl adjacent to an activating group) is 1. The van der Waals surface area contributed by atoms with Crippen LogP contribution in [0.1, 0.15) is 0 Å². The number of carbonyl (C=O) groups is 1. The number of benzene rings is 1. The smallest absolute Gasteiger partial charge is 0.322 e. The molecule has 88 valence electrons. The Morgan fingerprint density at radius 3 is 2.50 bits per heavy atom. The normalized spacial score (nSPS) is 12.1. The van der Waals surface area contributed by atoms with Crippen LogP contribution in [0, 0.1) is 0 Å². The van der Waals surface area contributed by atoms with E-state index in [4.69, 9.17) is 5.11 Å². The summed E-state index contributed by atoms with van der Waals surface area (Å²) in [5, 5.41) is 14.6. The van der Waals surface area contributed by atoms with Gasteiger partial charge in [0, 0.05) is 17.1 Å². The summed E-state index contributed by atoms with van der Waals surface area (Å²) in [7, 11) is 1.64.